The lowest BCUT2D eigenvalue weighted by Gasteiger charge is -2.62. The summed E-state index contributed by atoms with van der Waals surface area (Å²) in [6.07, 6.45) is 10.2. The number of fused-ring (bicyclic) bond motifs is 2. The van der Waals surface area contributed by atoms with Gasteiger partial charge in [0.05, 0.1) is 12.9 Å². The highest BCUT2D eigenvalue weighted by Gasteiger charge is 2.57. The van der Waals surface area contributed by atoms with E-state index in [0.29, 0.717) is 30.6 Å². The number of rotatable bonds is 10. The van der Waals surface area contributed by atoms with E-state index in [1.54, 1.807) is 0 Å². The van der Waals surface area contributed by atoms with Gasteiger partial charge in [0, 0.05) is 12.5 Å². The normalized spacial score (nSPS) is 30.2. The Bertz CT molecular complexity index is 611. The number of esters is 1. The molecule has 0 heterocycles. The average molecular weight is 386 g/mol. The van der Waals surface area contributed by atoms with Crippen molar-refractivity contribution in [2.75, 3.05) is 12.9 Å². The molecule has 3 saturated carbocycles. The predicted octanol–water partition coefficient (Wildman–Crippen LogP) is 3.66. The third kappa shape index (κ3) is 5.10. The van der Waals surface area contributed by atoms with Gasteiger partial charge in [-0.25, -0.2) is 13.1 Å². The minimum atomic E-state index is -3.20. The maximum atomic E-state index is 12.4. The zero-order valence-corrected chi connectivity index (χ0v) is 17.5. The van der Waals surface area contributed by atoms with Gasteiger partial charge in [-0.05, 0) is 61.7 Å². The van der Waals surface area contributed by atoms with Gasteiger partial charge in [-0.3, -0.25) is 4.79 Å². The minimum Gasteiger partial charge on any atom is -0.469 e. The van der Waals surface area contributed by atoms with E-state index in [-0.39, 0.29) is 23.2 Å². The highest BCUT2D eigenvalue weighted by molar-refractivity contribution is 7.89. The van der Waals surface area contributed by atoms with E-state index < -0.39 is 10.0 Å². The summed E-state index contributed by atoms with van der Waals surface area (Å²) in [7, 11) is -1.79. The molecule has 0 amide bonds. The summed E-state index contributed by atoms with van der Waals surface area (Å²) in [5, 5.41) is 0. The first-order valence-corrected chi connectivity index (χ1v) is 11.6. The van der Waals surface area contributed by atoms with Crippen LogP contribution in [0.3, 0.4) is 0 Å². The SMILES string of the molecule is CCCS(=O)(=O)NC1[C@@H](C/C=C\CCCC(=O)OC)C[C@H]2C[C@@H]1C2(C)C. The summed E-state index contributed by atoms with van der Waals surface area (Å²) in [6.45, 7) is 6.47. The Morgan fingerprint density at radius 1 is 1.27 bits per heavy atom. The zero-order chi connectivity index (χ0) is 19.4. The number of hydrogen-bond donors (Lipinski definition) is 1. The van der Waals surface area contributed by atoms with Crippen molar-refractivity contribution in [1.82, 2.24) is 4.72 Å². The molecule has 2 bridgehead atoms. The van der Waals surface area contributed by atoms with Crippen molar-refractivity contribution in [2.45, 2.75) is 71.8 Å². The number of hydrogen-bond acceptors (Lipinski definition) is 4. The summed E-state index contributed by atoms with van der Waals surface area (Å²) < 4.78 is 32.4. The topological polar surface area (TPSA) is 72.5 Å². The second-order valence-corrected chi connectivity index (χ2v) is 10.4. The Morgan fingerprint density at radius 3 is 2.62 bits per heavy atom. The summed E-state index contributed by atoms with van der Waals surface area (Å²) in [4.78, 5) is 11.1. The fourth-order valence-electron chi connectivity index (χ4n) is 4.72. The van der Waals surface area contributed by atoms with E-state index in [1.165, 1.54) is 7.11 Å². The van der Waals surface area contributed by atoms with Crippen LogP contribution in [0.25, 0.3) is 0 Å². The summed E-state index contributed by atoms with van der Waals surface area (Å²) in [5.74, 6) is 1.55. The van der Waals surface area contributed by atoms with Gasteiger partial charge in [0.1, 0.15) is 0 Å². The van der Waals surface area contributed by atoms with Crippen LogP contribution in [0.2, 0.25) is 0 Å². The smallest absolute Gasteiger partial charge is 0.305 e. The van der Waals surface area contributed by atoms with Gasteiger partial charge >= 0.3 is 5.97 Å². The Labute approximate surface area is 159 Å². The van der Waals surface area contributed by atoms with Gasteiger partial charge in [0.15, 0.2) is 0 Å². The van der Waals surface area contributed by atoms with Crippen LogP contribution < -0.4 is 4.72 Å². The molecule has 1 unspecified atom stereocenters. The molecule has 5 nitrogen and oxygen atoms in total. The highest BCUT2D eigenvalue weighted by Crippen LogP contribution is 2.61. The Morgan fingerprint density at radius 2 is 2.00 bits per heavy atom. The molecule has 3 fully saturated rings. The Hall–Kier alpha value is -0.880. The van der Waals surface area contributed by atoms with Crippen molar-refractivity contribution < 1.29 is 17.9 Å². The maximum Gasteiger partial charge on any atom is 0.305 e. The van der Waals surface area contributed by atoms with Gasteiger partial charge in [0.2, 0.25) is 10.0 Å². The third-order valence-electron chi connectivity index (χ3n) is 6.45. The molecule has 0 aromatic carbocycles. The lowest BCUT2D eigenvalue weighted by atomic mass is 9.45. The van der Waals surface area contributed by atoms with Crippen molar-refractivity contribution in [2.24, 2.45) is 23.2 Å². The van der Waals surface area contributed by atoms with E-state index in [4.69, 9.17) is 0 Å². The lowest BCUT2D eigenvalue weighted by Crippen LogP contribution is -2.63. The minimum absolute atomic E-state index is 0.0475. The van der Waals surface area contributed by atoms with Crippen LogP contribution >= 0.6 is 0 Å². The average Bonchev–Trinajstić information content (AvgIpc) is 2.57. The molecular formula is C20H35NO4S. The van der Waals surface area contributed by atoms with Crippen LogP contribution in [0, 0.1) is 23.2 Å². The number of unbranched alkanes of at least 4 members (excludes halogenated alkanes) is 1. The molecule has 3 aliphatic carbocycles. The lowest BCUT2D eigenvalue weighted by molar-refractivity contribution is -0.140. The molecule has 0 spiro atoms. The third-order valence-corrected chi connectivity index (χ3v) is 8.03. The maximum absolute atomic E-state index is 12.4. The molecule has 0 aliphatic heterocycles. The van der Waals surface area contributed by atoms with Crippen molar-refractivity contribution in [1.29, 1.82) is 0 Å². The van der Waals surface area contributed by atoms with Crippen LogP contribution in [-0.4, -0.2) is 33.3 Å². The van der Waals surface area contributed by atoms with Crippen LogP contribution in [-0.2, 0) is 19.6 Å². The van der Waals surface area contributed by atoms with Crippen LogP contribution in [0.4, 0.5) is 0 Å². The van der Waals surface area contributed by atoms with Crippen LogP contribution in [0.15, 0.2) is 12.2 Å². The molecule has 0 aromatic heterocycles. The standard InChI is InChI=1S/C20H35NO4S/c1-5-12-26(23,24)21-19-15(13-16-14-17(19)20(16,2)3)10-8-6-7-9-11-18(22)25-4/h6,8,15-17,19,21H,5,7,9-14H2,1-4H3/b8-6-/t15-,16-,17-,19?/m0/s1. The molecule has 150 valence electrons. The van der Waals surface area contributed by atoms with Crippen molar-refractivity contribution in [3.63, 3.8) is 0 Å². The van der Waals surface area contributed by atoms with Gasteiger partial charge in [0.25, 0.3) is 0 Å². The number of methoxy groups -OCH3 is 1. The number of allylic oxidation sites excluding steroid dienone is 2. The second-order valence-electron chi connectivity index (χ2n) is 8.49. The van der Waals surface area contributed by atoms with E-state index in [0.717, 1.165) is 32.1 Å². The Balaban J connectivity index is 1.92. The first-order valence-electron chi connectivity index (χ1n) is 9.93. The van der Waals surface area contributed by atoms with Crippen molar-refractivity contribution in [3.8, 4) is 0 Å². The predicted molar refractivity (Wildman–Crippen MR) is 104 cm³/mol. The molecule has 4 atom stereocenters. The number of carbonyl (C=O) groups excluding carboxylic acids is 1. The molecular weight excluding hydrogens is 350 g/mol. The largest absolute Gasteiger partial charge is 0.469 e. The van der Waals surface area contributed by atoms with E-state index in [1.807, 2.05) is 6.92 Å². The van der Waals surface area contributed by atoms with E-state index in [9.17, 15) is 13.2 Å². The van der Waals surface area contributed by atoms with Gasteiger partial charge in [-0.15, -0.1) is 0 Å². The number of ether oxygens (including phenoxy) is 1. The molecule has 0 saturated heterocycles. The number of sulfonamides is 1. The first kappa shape index (κ1) is 21.4. The van der Waals surface area contributed by atoms with Crippen LogP contribution in [0.5, 0.6) is 0 Å². The fourth-order valence-corrected chi connectivity index (χ4v) is 6.14. The quantitative estimate of drug-likeness (QED) is 0.354. The molecule has 3 aliphatic rings. The number of nitrogens with one attached hydrogen (secondary N) is 1. The van der Waals surface area contributed by atoms with Gasteiger partial charge < -0.3 is 4.74 Å². The molecule has 6 heteroatoms. The number of carbonyl (C=O) groups is 1. The molecule has 0 radical (unpaired) electrons. The fraction of sp³-hybridized carbons (Fsp3) is 0.850. The summed E-state index contributed by atoms with van der Waals surface area (Å²) >= 11 is 0. The van der Waals surface area contributed by atoms with Gasteiger partial charge in [-0.2, -0.15) is 0 Å². The first-order chi connectivity index (χ1) is 12.2. The molecule has 1 N–H and O–H groups in total. The van der Waals surface area contributed by atoms with Gasteiger partial charge in [-0.1, -0.05) is 32.9 Å². The molecule has 3 rings (SSSR count). The second kappa shape index (κ2) is 8.87. The van der Waals surface area contributed by atoms with Crippen molar-refractivity contribution >= 4 is 16.0 Å². The summed E-state index contributed by atoms with van der Waals surface area (Å²) in [5.41, 5.74) is 0.236. The van der Waals surface area contributed by atoms with E-state index >= 15 is 0 Å². The summed E-state index contributed by atoms with van der Waals surface area (Å²) in [6, 6.07) is 0.0475. The Kier molecular flexibility index (Phi) is 7.31. The van der Waals surface area contributed by atoms with Crippen molar-refractivity contribution in [3.05, 3.63) is 12.2 Å². The molecule has 26 heavy (non-hydrogen) atoms. The van der Waals surface area contributed by atoms with E-state index in [2.05, 4.69) is 35.5 Å². The molecule has 0 aromatic rings. The van der Waals surface area contributed by atoms with Crippen LogP contribution in [0.1, 0.15) is 65.7 Å². The highest BCUT2D eigenvalue weighted by atomic mass is 32.2. The monoisotopic (exact) mass is 385 g/mol. The zero-order valence-electron chi connectivity index (χ0n) is 16.7.